The molecular formula is C26H27N3O4S. The first-order valence-corrected chi connectivity index (χ1v) is 12.6. The van der Waals surface area contributed by atoms with Crippen molar-refractivity contribution in [1.29, 1.82) is 0 Å². The fraction of sp³-hybridized carbons (Fsp3) is 0.385. The highest BCUT2D eigenvalue weighted by Gasteiger charge is 2.38. The molecule has 2 unspecified atom stereocenters. The third-order valence-electron chi connectivity index (χ3n) is 6.35. The fourth-order valence-electron chi connectivity index (χ4n) is 4.48. The van der Waals surface area contributed by atoms with Gasteiger partial charge < -0.3 is 9.47 Å². The Balaban J connectivity index is 1.44. The average Bonchev–Trinajstić information content (AvgIpc) is 3.36. The molecule has 1 saturated carbocycles. The van der Waals surface area contributed by atoms with Crippen LogP contribution >= 0.6 is 11.3 Å². The lowest BCUT2D eigenvalue weighted by Gasteiger charge is -2.36. The highest BCUT2D eigenvalue weighted by atomic mass is 32.1. The number of amides is 1. The quantitative estimate of drug-likeness (QED) is 0.467. The zero-order valence-electron chi connectivity index (χ0n) is 19.3. The number of ether oxygens (including phenoxy) is 2. The number of rotatable bonds is 5. The summed E-state index contributed by atoms with van der Waals surface area (Å²) in [5.74, 6) is -0.0738. The number of aromatic nitrogens is 2. The second kappa shape index (κ2) is 9.54. The van der Waals surface area contributed by atoms with Crippen molar-refractivity contribution in [3.8, 4) is 27.7 Å². The maximum absolute atomic E-state index is 13.1. The predicted molar refractivity (Wildman–Crippen MR) is 131 cm³/mol. The molecule has 1 aliphatic carbocycles. The lowest BCUT2D eigenvalue weighted by atomic mass is 9.98. The molecule has 0 bridgehead atoms. The van der Waals surface area contributed by atoms with E-state index in [0.717, 1.165) is 47.6 Å². The number of thiazole rings is 1. The van der Waals surface area contributed by atoms with Gasteiger partial charge in [-0.05, 0) is 69.9 Å². The third kappa shape index (κ3) is 4.42. The van der Waals surface area contributed by atoms with E-state index in [2.05, 4.69) is 4.98 Å². The van der Waals surface area contributed by atoms with E-state index in [4.69, 9.17) is 14.5 Å². The molecule has 34 heavy (non-hydrogen) atoms. The standard InChI is InChI=1S/C26H27N3O4S/c1-16(26(31)33-19-8-4-3-5-9-19)29-22-14-18(11-12-23(22)32-17(2)25(29)30)21-15-34-24(28-21)20-10-6-7-13-27-20/h6-7,10-17,19H,3-5,8-9H2,1-2H3. The van der Waals surface area contributed by atoms with E-state index in [-0.39, 0.29) is 18.0 Å². The van der Waals surface area contributed by atoms with Crippen LogP contribution in [0.2, 0.25) is 0 Å². The van der Waals surface area contributed by atoms with Gasteiger partial charge in [0.25, 0.3) is 5.91 Å². The van der Waals surface area contributed by atoms with E-state index in [0.29, 0.717) is 11.4 Å². The van der Waals surface area contributed by atoms with Crippen LogP contribution in [-0.2, 0) is 14.3 Å². The summed E-state index contributed by atoms with van der Waals surface area (Å²) in [5, 5.41) is 2.78. The Bertz CT molecular complexity index is 1190. The number of esters is 1. The van der Waals surface area contributed by atoms with E-state index in [1.165, 1.54) is 22.7 Å². The van der Waals surface area contributed by atoms with Crippen LogP contribution in [0.3, 0.4) is 0 Å². The van der Waals surface area contributed by atoms with Gasteiger partial charge >= 0.3 is 5.97 Å². The Hall–Kier alpha value is -3.26. The topological polar surface area (TPSA) is 81.6 Å². The van der Waals surface area contributed by atoms with Crippen molar-refractivity contribution in [2.75, 3.05) is 4.90 Å². The Morgan fingerprint density at radius 1 is 1.18 bits per heavy atom. The molecule has 1 amide bonds. The highest BCUT2D eigenvalue weighted by molar-refractivity contribution is 7.13. The summed E-state index contributed by atoms with van der Waals surface area (Å²) in [4.78, 5) is 36.8. The maximum atomic E-state index is 13.1. The van der Waals surface area contributed by atoms with Crippen LogP contribution in [0.1, 0.15) is 46.0 Å². The molecule has 1 fully saturated rings. The van der Waals surface area contributed by atoms with Gasteiger partial charge in [0.05, 0.1) is 17.1 Å². The average molecular weight is 478 g/mol. The monoisotopic (exact) mass is 477 g/mol. The summed E-state index contributed by atoms with van der Waals surface area (Å²) in [7, 11) is 0. The zero-order valence-corrected chi connectivity index (χ0v) is 20.1. The lowest BCUT2D eigenvalue weighted by Crippen LogP contribution is -2.52. The van der Waals surface area contributed by atoms with Gasteiger partial charge in [0.15, 0.2) is 6.10 Å². The van der Waals surface area contributed by atoms with Gasteiger partial charge in [-0.3, -0.25) is 14.7 Å². The lowest BCUT2D eigenvalue weighted by molar-refractivity contribution is -0.153. The Kier molecular flexibility index (Phi) is 6.32. The normalized spacial score (nSPS) is 19.3. The van der Waals surface area contributed by atoms with Crippen LogP contribution in [0, 0.1) is 0 Å². The van der Waals surface area contributed by atoms with Gasteiger partial charge in [0.2, 0.25) is 0 Å². The SMILES string of the molecule is CC1Oc2ccc(-c3csc(-c4ccccn4)n3)cc2N(C(C)C(=O)OC2CCCCC2)C1=O. The smallest absolute Gasteiger partial charge is 0.329 e. The van der Waals surface area contributed by atoms with Crippen molar-refractivity contribution in [3.63, 3.8) is 0 Å². The third-order valence-corrected chi connectivity index (χ3v) is 7.22. The molecule has 0 saturated heterocycles. The van der Waals surface area contributed by atoms with Crippen molar-refractivity contribution in [1.82, 2.24) is 9.97 Å². The fourth-order valence-corrected chi connectivity index (χ4v) is 5.29. The number of carbonyl (C=O) groups is 2. The maximum Gasteiger partial charge on any atom is 0.329 e. The Morgan fingerprint density at radius 2 is 2.00 bits per heavy atom. The van der Waals surface area contributed by atoms with E-state index in [1.54, 1.807) is 20.0 Å². The highest BCUT2D eigenvalue weighted by Crippen LogP contribution is 2.39. The molecule has 8 heteroatoms. The largest absolute Gasteiger partial charge is 0.479 e. The van der Waals surface area contributed by atoms with Crippen LogP contribution in [-0.4, -0.2) is 40.1 Å². The van der Waals surface area contributed by atoms with Crippen molar-refractivity contribution >= 4 is 28.9 Å². The molecule has 176 valence electrons. The molecule has 0 spiro atoms. The summed E-state index contributed by atoms with van der Waals surface area (Å²) >= 11 is 1.51. The molecule has 2 aromatic heterocycles. The number of pyridine rings is 1. The number of nitrogens with zero attached hydrogens (tertiary/aromatic N) is 3. The minimum Gasteiger partial charge on any atom is -0.479 e. The van der Waals surface area contributed by atoms with Gasteiger partial charge in [-0.1, -0.05) is 12.5 Å². The molecule has 2 atom stereocenters. The Labute approximate surface area is 202 Å². The van der Waals surface area contributed by atoms with E-state index in [9.17, 15) is 9.59 Å². The van der Waals surface area contributed by atoms with Crippen LogP contribution in [0.15, 0.2) is 48.0 Å². The van der Waals surface area contributed by atoms with Crippen molar-refractivity contribution in [2.24, 2.45) is 0 Å². The van der Waals surface area contributed by atoms with Crippen molar-refractivity contribution in [2.45, 2.75) is 64.2 Å². The number of hydrogen-bond acceptors (Lipinski definition) is 7. The summed E-state index contributed by atoms with van der Waals surface area (Å²) in [6.45, 7) is 3.42. The van der Waals surface area contributed by atoms with Crippen LogP contribution in [0.5, 0.6) is 5.75 Å². The van der Waals surface area contributed by atoms with Crippen molar-refractivity contribution < 1.29 is 19.1 Å². The number of hydrogen-bond donors (Lipinski definition) is 0. The molecule has 3 aromatic rings. The van der Waals surface area contributed by atoms with Gasteiger partial charge in [0.1, 0.15) is 22.9 Å². The second-order valence-corrected chi connectivity index (χ2v) is 9.63. The van der Waals surface area contributed by atoms with Gasteiger partial charge in [0, 0.05) is 17.1 Å². The van der Waals surface area contributed by atoms with Crippen LogP contribution < -0.4 is 9.64 Å². The van der Waals surface area contributed by atoms with E-state index in [1.807, 2.05) is 41.8 Å². The molecule has 5 rings (SSSR count). The molecule has 3 heterocycles. The minimum absolute atomic E-state index is 0.0666. The van der Waals surface area contributed by atoms with Crippen LogP contribution in [0.4, 0.5) is 5.69 Å². The number of anilines is 1. The van der Waals surface area contributed by atoms with Crippen molar-refractivity contribution in [3.05, 3.63) is 48.0 Å². The molecule has 0 N–H and O–H groups in total. The summed E-state index contributed by atoms with van der Waals surface area (Å²) < 4.78 is 11.6. The first-order valence-electron chi connectivity index (χ1n) is 11.7. The summed E-state index contributed by atoms with van der Waals surface area (Å²) in [5.41, 5.74) is 2.98. The molecule has 2 aliphatic rings. The van der Waals surface area contributed by atoms with Gasteiger partial charge in [-0.25, -0.2) is 9.78 Å². The molecular weight excluding hydrogens is 450 g/mol. The molecule has 1 aliphatic heterocycles. The molecule has 0 radical (unpaired) electrons. The minimum atomic E-state index is -0.755. The van der Waals surface area contributed by atoms with Gasteiger partial charge in [-0.2, -0.15) is 0 Å². The summed E-state index contributed by atoms with van der Waals surface area (Å²) in [6, 6.07) is 10.6. The number of carbonyl (C=O) groups excluding carboxylic acids is 2. The molecule has 7 nitrogen and oxygen atoms in total. The van der Waals surface area contributed by atoms with Gasteiger partial charge in [-0.15, -0.1) is 11.3 Å². The first-order chi connectivity index (χ1) is 16.5. The summed E-state index contributed by atoms with van der Waals surface area (Å²) in [6.07, 6.45) is 6.08. The van der Waals surface area contributed by atoms with Crippen LogP contribution in [0.25, 0.3) is 22.0 Å². The zero-order chi connectivity index (χ0) is 23.7. The second-order valence-electron chi connectivity index (χ2n) is 8.78. The Morgan fingerprint density at radius 3 is 2.76 bits per heavy atom. The number of benzene rings is 1. The first kappa shape index (κ1) is 22.5. The van der Waals surface area contributed by atoms with E-state index < -0.39 is 12.1 Å². The molecule has 1 aromatic carbocycles. The predicted octanol–water partition coefficient (Wildman–Crippen LogP) is 5.25. The number of fused-ring (bicyclic) bond motifs is 1. The van der Waals surface area contributed by atoms with E-state index >= 15 is 0 Å².